The number of aryl methyl sites for hydroxylation is 1. The Balaban J connectivity index is 1.66. The molecule has 0 saturated carbocycles. The van der Waals surface area contributed by atoms with Gasteiger partial charge in [0, 0.05) is 50.8 Å². The smallest absolute Gasteiger partial charge is 0.0897 e. The molecule has 1 aliphatic rings. The first kappa shape index (κ1) is 15.3. The molecular formula is C16H25N5O. The molecule has 0 aliphatic carbocycles. The van der Waals surface area contributed by atoms with Crippen LogP contribution in [-0.2, 0) is 18.3 Å². The van der Waals surface area contributed by atoms with Crippen LogP contribution in [0.5, 0.6) is 0 Å². The van der Waals surface area contributed by atoms with Crippen molar-refractivity contribution in [2.24, 2.45) is 7.05 Å². The van der Waals surface area contributed by atoms with Gasteiger partial charge in [-0.05, 0) is 18.2 Å². The van der Waals surface area contributed by atoms with Crippen LogP contribution in [0.15, 0.2) is 30.9 Å². The highest BCUT2D eigenvalue weighted by Gasteiger charge is 2.33. The summed E-state index contributed by atoms with van der Waals surface area (Å²) in [5.41, 5.74) is 2.50. The van der Waals surface area contributed by atoms with Gasteiger partial charge in [0.15, 0.2) is 0 Å². The second kappa shape index (κ2) is 7.09. The number of nitrogens with zero attached hydrogens (tertiary/aromatic N) is 3. The maximum absolute atomic E-state index is 6.06. The predicted octanol–water partition coefficient (Wildman–Crippen LogP) is 1.30. The molecule has 0 radical (unpaired) electrons. The molecule has 2 aromatic rings. The predicted molar refractivity (Wildman–Crippen MR) is 85.4 cm³/mol. The summed E-state index contributed by atoms with van der Waals surface area (Å²) in [5.74, 6) is 0. The zero-order valence-corrected chi connectivity index (χ0v) is 13.3. The van der Waals surface area contributed by atoms with Crippen LogP contribution in [0, 0.1) is 0 Å². The lowest BCUT2D eigenvalue weighted by Crippen LogP contribution is -2.48. The van der Waals surface area contributed by atoms with Gasteiger partial charge in [0.25, 0.3) is 0 Å². The SMILES string of the molecule is CCN1CCO[C@@H](CNCc2cc[nH]c2)[C@@H]1c1cnn(C)c1. The lowest BCUT2D eigenvalue weighted by atomic mass is 10.0. The molecule has 6 nitrogen and oxygen atoms in total. The van der Waals surface area contributed by atoms with E-state index in [-0.39, 0.29) is 12.1 Å². The lowest BCUT2D eigenvalue weighted by Gasteiger charge is -2.40. The van der Waals surface area contributed by atoms with Gasteiger partial charge in [0.1, 0.15) is 0 Å². The van der Waals surface area contributed by atoms with E-state index in [1.54, 1.807) is 0 Å². The molecule has 0 bridgehead atoms. The zero-order chi connectivity index (χ0) is 15.4. The van der Waals surface area contributed by atoms with E-state index in [1.807, 2.05) is 30.3 Å². The molecule has 3 heterocycles. The van der Waals surface area contributed by atoms with Crippen molar-refractivity contribution in [3.05, 3.63) is 42.0 Å². The molecular weight excluding hydrogens is 278 g/mol. The highest BCUT2D eigenvalue weighted by Crippen LogP contribution is 2.28. The molecule has 2 N–H and O–H groups in total. The molecule has 0 aromatic carbocycles. The average Bonchev–Trinajstić information content (AvgIpc) is 3.18. The monoisotopic (exact) mass is 303 g/mol. The minimum absolute atomic E-state index is 0.150. The third kappa shape index (κ3) is 3.40. The zero-order valence-electron chi connectivity index (χ0n) is 13.3. The van der Waals surface area contributed by atoms with Gasteiger partial charge in [-0.25, -0.2) is 0 Å². The van der Waals surface area contributed by atoms with Crippen LogP contribution in [0.4, 0.5) is 0 Å². The van der Waals surface area contributed by atoms with Gasteiger partial charge in [-0.1, -0.05) is 6.92 Å². The third-order valence-electron chi connectivity index (χ3n) is 4.27. The summed E-state index contributed by atoms with van der Waals surface area (Å²) in [6.45, 7) is 6.69. The van der Waals surface area contributed by atoms with Crippen molar-refractivity contribution in [1.82, 2.24) is 25.0 Å². The van der Waals surface area contributed by atoms with Crippen molar-refractivity contribution in [3.63, 3.8) is 0 Å². The maximum Gasteiger partial charge on any atom is 0.0897 e. The summed E-state index contributed by atoms with van der Waals surface area (Å²) in [7, 11) is 1.96. The van der Waals surface area contributed by atoms with Gasteiger partial charge in [-0.2, -0.15) is 5.10 Å². The van der Waals surface area contributed by atoms with Crippen LogP contribution in [-0.4, -0.2) is 52.0 Å². The normalized spacial score (nSPS) is 23.0. The lowest BCUT2D eigenvalue weighted by molar-refractivity contribution is -0.0694. The van der Waals surface area contributed by atoms with Crippen molar-refractivity contribution >= 4 is 0 Å². The standard InChI is InChI=1S/C16H25N5O/c1-3-21-6-7-22-15(11-18-9-13-4-5-17-8-13)16(21)14-10-19-20(2)12-14/h4-5,8,10,12,15-18H,3,6-7,9,11H2,1-2H3/t15-,16-/m0/s1. The molecule has 1 fully saturated rings. The molecule has 2 atom stereocenters. The van der Waals surface area contributed by atoms with Crippen molar-refractivity contribution in [1.29, 1.82) is 0 Å². The summed E-state index contributed by atoms with van der Waals surface area (Å²) in [4.78, 5) is 5.56. The van der Waals surface area contributed by atoms with Gasteiger partial charge in [0.05, 0.1) is 24.9 Å². The number of morpholine rings is 1. The number of ether oxygens (including phenoxy) is 1. The average molecular weight is 303 g/mol. The van der Waals surface area contributed by atoms with Gasteiger partial charge in [-0.3, -0.25) is 9.58 Å². The van der Waals surface area contributed by atoms with Crippen LogP contribution in [0.1, 0.15) is 24.1 Å². The maximum atomic E-state index is 6.06. The first-order valence-electron chi connectivity index (χ1n) is 7.94. The highest BCUT2D eigenvalue weighted by molar-refractivity contribution is 5.14. The minimum Gasteiger partial charge on any atom is -0.374 e. The first-order valence-corrected chi connectivity index (χ1v) is 7.94. The molecule has 120 valence electrons. The quantitative estimate of drug-likeness (QED) is 0.844. The van der Waals surface area contributed by atoms with Gasteiger partial charge >= 0.3 is 0 Å². The molecule has 6 heteroatoms. The molecule has 0 unspecified atom stereocenters. The summed E-state index contributed by atoms with van der Waals surface area (Å²) in [5, 5.41) is 7.84. The first-order chi connectivity index (χ1) is 10.8. The number of rotatable bonds is 6. The van der Waals surface area contributed by atoms with E-state index in [0.717, 1.165) is 32.8 Å². The third-order valence-corrected chi connectivity index (χ3v) is 4.27. The number of likely N-dealkylation sites (N-methyl/N-ethyl adjacent to an activating group) is 1. The number of H-pyrrole nitrogens is 1. The Morgan fingerprint density at radius 1 is 1.50 bits per heavy atom. The summed E-state index contributed by atoms with van der Waals surface area (Å²) in [6, 6.07) is 2.36. The van der Waals surface area contributed by atoms with Crippen LogP contribution in [0.2, 0.25) is 0 Å². The fourth-order valence-corrected chi connectivity index (χ4v) is 3.16. The molecule has 2 aromatic heterocycles. The van der Waals surface area contributed by atoms with Crippen molar-refractivity contribution in [2.75, 3.05) is 26.2 Å². The van der Waals surface area contributed by atoms with Gasteiger partial charge in [-0.15, -0.1) is 0 Å². The number of aromatic amines is 1. The highest BCUT2D eigenvalue weighted by atomic mass is 16.5. The fraction of sp³-hybridized carbons (Fsp3) is 0.562. The molecule has 1 aliphatic heterocycles. The van der Waals surface area contributed by atoms with Crippen LogP contribution in [0.3, 0.4) is 0 Å². The summed E-state index contributed by atoms with van der Waals surface area (Å²) in [6.07, 6.45) is 8.18. The Morgan fingerprint density at radius 3 is 3.09 bits per heavy atom. The Hall–Kier alpha value is -1.63. The Bertz CT molecular complexity index is 565. The molecule has 3 rings (SSSR count). The molecule has 1 saturated heterocycles. The molecule has 0 amide bonds. The molecule has 22 heavy (non-hydrogen) atoms. The van der Waals surface area contributed by atoms with E-state index in [1.165, 1.54) is 11.1 Å². The van der Waals surface area contributed by atoms with E-state index < -0.39 is 0 Å². The van der Waals surface area contributed by atoms with Crippen molar-refractivity contribution in [3.8, 4) is 0 Å². The Morgan fingerprint density at radius 2 is 2.41 bits per heavy atom. The summed E-state index contributed by atoms with van der Waals surface area (Å²) < 4.78 is 7.92. The van der Waals surface area contributed by atoms with Crippen molar-refractivity contribution < 1.29 is 4.74 Å². The fourth-order valence-electron chi connectivity index (χ4n) is 3.16. The van der Waals surface area contributed by atoms with Gasteiger partial charge < -0.3 is 15.0 Å². The van der Waals surface area contributed by atoms with Crippen LogP contribution >= 0.6 is 0 Å². The largest absolute Gasteiger partial charge is 0.374 e. The van der Waals surface area contributed by atoms with Crippen LogP contribution < -0.4 is 5.32 Å². The summed E-state index contributed by atoms with van der Waals surface area (Å²) >= 11 is 0. The van der Waals surface area contributed by atoms with Crippen molar-refractivity contribution in [2.45, 2.75) is 25.6 Å². The molecule has 0 spiro atoms. The van der Waals surface area contributed by atoms with E-state index in [9.17, 15) is 0 Å². The van der Waals surface area contributed by atoms with E-state index in [4.69, 9.17) is 4.74 Å². The number of aromatic nitrogens is 3. The minimum atomic E-state index is 0.150. The Labute approximate surface area is 131 Å². The second-order valence-electron chi connectivity index (χ2n) is 5.78. The topological polar surface area (TPSA) is 58.1 Å². The van der Waals surface area contributed by atoms with E-state index >= 15 is 0 Å². The number of hydrogen-bond donors (Lipinski definition) is 2. The number of hydrogen-bond acceptors (Lipinski definition) is 4. The Kier molecular flexibility index (Phi) is 4.92. The van der Waals surface area contributed by atoms with Crippen LogP contribution in [0.25, 0.3) is 0 Å². The van der Waals surface area contributed by atoms with E-state index in [2.05, 4.69) is 39.5 Å². The van der Waals surface area contributed by atoms with E-state index in [0.29, 0.717) is 0 Å². The van der Waals surface area contributed by atoms with Gasteiger partial charge in [0.2, 0.25) is 0 Å². The second-order valence-corrected chi connectivity index (χ2v) is 5.78. The number of nitrogens with one attached hydrogen (secondary N) is 2.